The first-order valence-corrected chi connectivity index (χ1v) is 10.6. The van der Waals surface area contributed by atoms with Crippen LogP contribution in [0.25, 0.3) is 11.3 Å². The number of amides is 2. The number of anilines is 3. The first-order valence-electron chi connectivity index (χ1n) is 10.2. The number of nitrogens with zero attached hydrogens (tertiary/aromatic N) is 3. The van der Waals surface area contributed by atoms with Crippen LogP contribution in [-0.4, -0.2) is 29.3 Å². The number of piperidine rings is 1. The molecule has 1 saturated heterocycles. The van der Waals surface area contributed by atoms with Gasteiger partial charge in [-0.1, -0.05) is 36.7 Å². The maximum atomic E-state index is 13.9. The van der Waals surface area contributed by atoms with Crippen LogP contribution < -0.4 is 15.5 Å². The molecule has 1 aliphatic rings. The second kappa shape index (κ2) is 9.31. The van der Waals surface area contributed by atoms with E-state index in [0.29, 0.717) is 11.4 Å². The van der Waals surface area contributed by atoms with E-state index in [2.05, 4.69) is 32.7 Å². The number of carbonyl (C=O) groups excluding carboxylic acids is 1. The standard InChI is InChI=1S/C23H23ClFN5O/c1-15-10-12-30(13-11-15)21-9-8-20(28-29-21)16-4-2-5-17(14-16)26-23(31)27-22-18(24)6-3-7-19(22)25/h2-9,14-15H,10-13H2,1H3,(H2,26,27,31). The molecule has 160 valence electrons. The van der Waals surface area contributed by atoms with Gasteiger partial charge in [-0.3, -0.25) is 0 Å². The van der Waals surface area contributed by atoms with Crippen molar-refractivity contribution in [3.63, 3.8) is 0 Å². The minimum absolute atomic E-state index is 0.0635. The third-order valence-corrected chi connectivity index (χ3v) is 5.69. The van der Waals surface area contributed by atoms with Gasteiger partial charge in [0.2, 0.25) is 0 Å². The zero-order chi connectivity index (χ0) is 21.8. The Morgan fingerprint density at radius 3 is 2.55 bits per heavy atom. The maximum Gasteiger partial charge on any atom is 0.323 e. The predicted octanol–water partition coefficient (Wildman–Crippen LogP) is 5.82. The Balaban J connectivity index is 1.44. The molecule has 0 unspecified atom stereocenters. The van der Waals surface area contributed by atoms with Crippen LogP contribution >= 0.6 is 11.6 Å². The van der Waals surface area contributed by atoms with Gasteiger partial charge in [-0.2, -0.15) is 0 Å². The van der Waals surface area contributed by atoms with Crippen molar-refractivity contribution in [2.24, 2.45) is 5.92 Å². The van der Waals surface area contributed by atoms with Crippen molar-refractivity contribution >= 4 is 34.8 Å². The number of hydrogen-bond acceptors (Lipinski definition) is 4. The molecule has 3 aromatic rings. The lowest BCUT2D eigenvalue weighted by Crippen LogP contribution is -2.33. The normalized spacial score (nSPS) is 14.4. The second-order valence-electron chi connectivity index (χ2n) is 7.70. The highest BCUT2D eigenvalue weighted by Gasteiger charge is 2.17. The topological polar surface area (TPSA) is 70.2 Å². The number of carbonyl (C=O) groups is 1. The van der Waals surface area contributed by atoms with Crippen molar-refractivity contribution in [1.82, 2.24) is 10.2 Å². The van der Waals surface area contributed by atoms with Gasteiger partial charge < -0.3 is 15.5 Å². The Bertz CT molecular complexity index is 1050. The van der Waals surface area contributed by atoms with Crippen molar-refractivity contribution in [3.8, 4) is 11.3 Å². The van der Waals surface area contributed by atoms with Crippen LogP contribution in [0.5, 0.6) is 0 Å². The number of aromatic nitrogens is 2. The van der Waals surface area contributed by atoms with Gasteiger partial charge in [0, 0.05) is 24.3 Å². The molecule has 6 nitrogen and oxygen atoms in total. The van der Waals surface area contributed by atoms with E-state index in [1.807, 2.05) is 24.3 Å². The molecule has 0 aliphatic carbocycles. The molecule has 2 heterocycles. The molecule has 1 aromatic heterocycles. The maximum absolute atomic E-state index is 13.9. The summed E-state index contributed by atoms with van der Waals surface area (Å²) >= 11 is 5.96. The molecule has 31 heavy (non-hydrogen) atoms. The zero-order valence-corrected chi connectivity index (χ0v) is 17.9. The molecule has 0 bridgehead atoms. The summed E-state index contributed by atoms with van der Waals surface area (Å²) in [6.07, 6.45) is 2.33. The number of benzene rings is 2. The van der Waals surface area contributed by atoms with Crippen LogP contribution in [0.15, 0.2) is 54.6 Å². The van der Waals surface area contributed by atoms with Gasteiger partial charge in [0.25, 0.3) is 0 Å². The van der Waals surface area contributed by atoms with Crippen LogP contribution in [0, 0.1) is 11.7 Å². The molecule has 2 aromatic carbocycles. The van der Waals surface area contributed by atoms with Gasteiger partial charge in [-0.15, -0.1) is 10.2 Å². The number of rotatable bonds is 4. The first-order chi connectivity index (χ1) is 15.0. The fraction of sp³-hybridized carbons (Fsp3) is 0.261. The van der Waals surface area contributed by atoms with Crippen LogP contribution in [0.4, 0.5) is 26.4 Å². The monoisotopic (exact) mass is 439 g/mol. The highest BCUT2D eigenvalue weighted by Crippen LogP contribution is 2.26. The number of halogens is 2. The van der Waals surface area contributed by atoms with E-state index >= 15 is 0 Å². The number of hydrogen-bond donors (Lipinski definition) is 2. The molecular formula is C23H23ClFN5O. The summed E-state index contributed by atoms with van der Waals surface area (Å²) < 4.78 is 13.9. The minimum Gasteiger partial charge on any atom is -0.355 e. The molecule has 1 fully saturated rings. The fourth-order valence-corrected chi connectivity index (χ4v) is 3.75. The minimum atomic E-state index is -0.602. The summed E-state index contributed by atoms with van der Waals surface area (Å²) in [5.74, 6) is 1.03. The molecule has 0 saturated carbocycles. The van der Waals surface area contributed by atoms with E-state index in [1.165, 1.54) is 18.2 Å². The smallest absolute Gasteiger partial charge is 0.323 e. The van der Waals surface area contributed by atoms with Gasteiger partial charge in [0.1, 0.15) is 5.82 Å². The SMILES string of the molecule is CC1CCN(c2ccc(-c3cccc(NC(=O)Nc4c(F)cccc4Cl)c3)nn2)CC1. The lowest BCUT2D eigenvalue weighted by Gasteiger charge is -2.30. The van der Waals surface area contributed by atoms with Gasteiger partial charge >= 0.3 is 6.03 Å². The average Bonchev–Trinajstić information content (AvgIpc) is 2.77. The second-order valence-corrected chi connectivity index (χ2v) is 8.11. The summed E-state index contributed by atoms with van der Waals surface area (Å²) in [5, 5.41) is 14.0. The Morgan fingerprint density at radius 1 is 1.06 bits per heavy atom. The van der Waals surface area contributed by atoms with Crippen LogP contribution in [-0.2, 0) is 0 Å². The van der Waals surface area contributed by atoms with Gasteiger partial charge in [-0.25, -0.2) is 9.18 Å². The van der Waals surface area contributed by atoms with E-state index < -0.39 is 11.8 Å². The Hall–Kier alpha value is -3.19. The van der Waals surface area contributed by atoms with Gasteiger partial charge in [0.15, 0.2) is 5.82 Å². The molecule has 4 rings (SSSR count). The molecule has 2 amide bonds. The zero-order valence-electron chi connectivity index (χ0n) is 17.1. The Kier molecular flexibility index (Phi) is 6.32. The van der Waals surface area contributed by atoms with Crippen molar-refractivity contribution < 1.29 is 9.18 Å². The molecule has 0 atom stereocenters. The van der Waals surface area contributed by atoms with Crippen molar-refractivity contribution in [1.29, 1.82) is 0 Å². The van der Waals surface area contributed by atoms with E-state index in [0.717, 1.165) is 43.2 Å². The van der Waals surface area contributed by atoms with Crippen molar-refractivity contribution in [3.05, 3.63) is 65.4 Å². The van der Waals surface area contributed by atoms with Crippen LogP contribution in [0.1, 0.15) is 19.8 Å². The first kappa shape index (κ1) is 21.1. The van der Waals surface area contributed by atoms with E-state index in [1.54, 1.807) is 12.1 Å². The highest BCUT2D eigenvalue weighted by atomic mass is 35.5. The number of para-hydroxylation sites is 1. The summed E-state index contributed by atoms with van der Waals surface area (Å²) in [6.45, 7) is 4.27. The molecular weight excluding hydrogens is 417 g/mol. The largest absolute Gasteiger partial charge is 0.355 e. The predicted molar refractivity (Wildman–Crippen MR) is 122 cm³/mol. The van der Waals surface area contributed by atoms with Crippen LogP contribution in [0.3, 0.4) is 0 Å². The third kappa shape index (κ3) is 5.11. The van der Waals surface area contributed by atoms with Crippen LogP contribution in [0.2, 0.25) is 5.02 Å². The van der Waals surface area contributed by atoms with Crippen molar-refractivity contribution in [2.45, 2.75) is 19.8 Å². The summed E-state index contributed by atoms with van der Waals surface area (Å²) in [4.78, 5) is 14.6. The number of urea groups is 1. The third-order valence-electron chi connectivity index (χ3n) is 5.38. The van der Waals surface area contributed by atoms with Crippen molar-refractivity contribution in [2.75, 3.05) is 28.6 Å². The van der Waals surface area contributed by atoms with E-state index in [4.69, 9.17) is 11.6 Å². The highest BCUT2D eigenvalue weighted by molar-refractivity contribution is 6.33. The molecule has 2 N–H and O–H groups in total. The Labute approximate surface area is 185 Å². The Morgan fingerprint density at radius 2 is 1.84 bits per heavy atom. The molecule has 0 radical (unpaired) electrons. The van der Waals surface area contributed by atoms with E-state index in [-0.39, 0.29) is 10.7 Å². The summed E-state index contributed by atoms with van der Waals surface area (Å²) in [7, 11) is 0. The average molecular weight is 440 g/mol. The summed E-state index contributed by atoms with van der Waals surface area (Å²) in [6, 6.07) is 14.8. The molecule has 8 heteroatoms. The summed E-state index contributed by atoms with van der Waals surface area (Å²) in [5.41, 5.74) is 1.99. The fourth-order valence-electron chi connectivity index (χ4n) is 3.53. The van der Waals surface area contributed by atoms with Gasteiger partial charge in [-0.05, 0) is 55.2 Å². The lowest BCUT2D eigenvalue weighted by atomic mass is 9.99. The molecule has 1 aliphatic heterocycles. The molecule has 0 spiro atoms. The van der Waals surface area contributed by atoms with E-state index in [9.17, 15) is 9.18 Å². The quantitative estimate of drug-likeness (QED) is 0.537. The number of nitrogens with one attached hydrogen (secondary N) is 2. The lowest BCUT2D eigenvalue weighted by molar-refractivity contribution is 0.262. The van der Waals surface area contributed by atoms with Gasteiger partial charge in [0.05, 0.1) is 16.4 Å².